The third kappa shape index (κ3) is 5.05. The number of thiazole rings is 1. The van der Waals surface area contributed by atoms with Gasteiger partial charge in [0.05, 0.1) is 20.6 Å². The predicted molar refractivity (Wildman–Crippen MR) is 125 cm³/mol. The van der Waals surface area contributed by atoms with E-state index in [1.807, 2.05) is 24.3 Å². The Bertz CT molecular complexity index is 1100. The molecule has 0 atom stereocenters. The van der Waals surface area contributed by atoms with Gasteiger partial charge in [0.1, 0.15) is 0 Å². The van der Waals surface area contributed by atoms with E-state index >= 15 is 0 Å². The highest BCUT2D eigenvalue weighted by Crippen LogP contribution is 2.41. The summed E-state index contributed by atoms with van der Waals surface area (Å²) in [6.45, 7) is 1.13. The Hall–Kier alpha value is -3.06. The molecule has 6 nitrogen and oxygen atoms in total. The minimum absolute atomic E-state index is 0.177. The molecule has 2 aromatic carbocycles. The number of rotatable bonds is 7. The van der Waals surface area contributed by atoms with Gasteiger partial charge in [-0.15, -0.1) is 11.3 Å². The van der Waals surface area contributed by atoms with E-state index in [0.717, 1.165) is 47.3 Å². The van der Waals surface area contributed by atoms with E-state index in [9.17, 15) is 14.4 Å². The molecule has 0 bridgehead atoms. The third-order valence-corrected chi connectivity index (χ3v) is 6.97. The second-order valence-corrected chi connectivity index (χ2v) is 9.47. The lowest BCUT2D eigenvalue weighted by atomic mass is 9.72. The third-order valence-electron chi connectivity index (χ3n) is 5.93. The van der Waals surface area contributed by atoms with Crippen LogP contribution >= 0.6 is 11.3 Å². The van der Waals surface area contributed by atoms with Crippen LogP contribution in [-0.2, 0) is 20.7 Å². The summed E-state index contributed by atoms with van der Waals surface area (Å²) in [6.07, 6.45) is 5.10. The van der Waals surface area contributed by atoms with Crippen molar-refractivity contribution in [3.8, 4) is 0 Å². The number of para-hydroxylation sites is 1. The molecule has 7 heteroatoms. The Morgan fingerprint density at radius 2 is 1.75 bits per heavy atom. The minimum atomic E-state index is -0.623. The van der Waals surface area contributed by atoms with Gasteiger partial charge in [-0.05, 0) is 49.2 Å². The molecule has 32 heavy (non-hydrogen) atoms. The van der Waals surface area contributed by atoms with Crippen molar-refractivity contribution >= 4 is 44.9 Å². The van der Waals surface area contributed by atoms with Crippen molar-refractivity contribution in [3.63, 3.8) is 0 Å². The molecule has 4 rings (SSSR count). The predicted octanol–water partition coefficient (Wildman–Crippen LogP) is 5.17. The van der Waals surface area contributed by atoms with Crippen molar-refractivity contribution in [2.75, 3.05) is 11.9 Å². The number of aromatic nitrogens is 1. The summed E-state index contributed by atoms with van der Waals surface area (Å²) in [5.41, 5.74) is 1.38. The Morgan fingerprint density at radius 1 is 1.03 bits per heavy atom. The number of fused-ring (bicyclic) bond motifs is 1. The van der Waals surface area contributed by atoms with Crippen LogP contribution in [0.25, 0.3) is 10.2 Å². The highest BCUT2D eigenvalue weighted by Gasteiger charge is 2.42. The van der Waals surface area contributed by atoms with Gasteiger partial charge in [-0.25, -0.2) is 4.98 Å². The van der Waals surface area contributed by atoms with Crippen molar-refractivity contribution in [3.05, 3.63) is 59.1 Å². The Labute approximate surface area is 191 Å². The molecule has 0 saturated heterocycles. The number of nitrogens with zero attached hydrogens (tertiary/aromatic N) is 1. The van der Waals surface area contributed by atoms with Crippen LogP contribution in [0.2, 0.25) is 0 Å². The van der Waals surface area contributed by atoms with E-state index in [1.54, 1.807) is 35.6 Å². The smallest absolute Gasteiger partial charge is 0.312 e. The van der Waals surface area contributed by atoms with Crippen LogP contribution < -0.4 is 5.32 Å². The summed E-state index contributed by atoms with van der Waals surface area (Å²) in [4.78, 5) is 41.6. The Kier molecular flexibility index (Phi) is 6.65. The van der Waals surface area contributed by atoms with Crippen LogP contribution in [0.4, 0.5) is 5.69 Å². The number of nitrogens with one attached hydrogen (secondary N) is 1. The van der Waals surface area contributed by atoms with E-state index in [-0.39, 0.29) is 24.3 Å². The number of hydrogen-bond donors (Lipinski definition) is 1. The molecule has 1 N–H and O–H groups in total. The maximum Gasteiger partial charge on any atom is 0.312 e. The Morgan fingerprint density at radius 3 is 2.44 bits per heavy atom. The fourth-order valence-corrected chi connectivity index (χ4v) is 5.39. The highest BCUT2D eigenvalue weighted by atomic mass is 32.1. The summed E-state index contributed by atoms with van der Waals surface area (Å²) in [7, 11) is 0. The number of carbonyl (C=O) groups excluding carboxylic acids is 3. The molecule has 166 valence electrons. The van der Waals surface area contributed by atoms with Gasteiger partial charge in [0.25, 0.3) is 0 Å². The number of carbonyl (C=O) groups is 3. The van der Waals surface area contributed by atoms with E-state index in [2.05, 4.69) is 5.32 Å². The first-order chi connectivity index (χ1) is 15.4. The average molecular weight is 451 g/mol. The van der Waals surface area contributed by atoms with Crippen LogP contribution in [0.15, 0.2) is 48.5 Å². The van der Waals surface area contributed by atoms with Gasteiger partial charge in [-0.1, -0.05) is 31.4 Å². The summed E-state index contributed by atoms with van der Waals surface area (Å²) in [6, 6.07) is 14.5. The van der Waals surface area contributed by atoms with E-state index in [4.69, 9.17) is 9.72 Å². The quantitative estimate of drug-likeness (QED) is 0.396. The molecule has 0 aliphatic heterocycles. The molecule has 3 aromatic rings. The summed E-state index contributed by atoms with van der Waals surface area (Å²) in [5, 5.41) is 3.60. The summed E-state index contributed by atoms with van der Waals surface area (Å²) < 4.78 is 6.67. The zero-order valence-corrected chi connectivity index (χ0v) is 18.9. The molecule has 1 aliphatic carbocycles. The molecule has 1 aliphatic rings. The normalized spacial score (nSPS) is 15.3. The van der Waals surface area contributed by atoms with Crippen LogP contribution in [0.1, 0.15) is 54.4 Å². The van der Waals surface area contributed by atoms with Gasteiger partial charge >= 0.3 is 5.97 Å². The van der Waals surface area contributed by atoms with Gasteiger partial charge in [-0.2, -0.15) is 0 Å². The second kappa shape index (κ2) is 9.61. The van der Waals surface area contributed by atoms with Gasteiger partial charge in [0.2, 0.25) is 5.91 Å². The molecule has 0 radical (unpaired) electrons. The summed E-state index contributed by atoms with van der Waals surface area (Å²) >= 11 is 1.62. The van der Waals surface area contributed by atoms with Crippen LogP contribution in [0.3, 0.4) is 0 Å². The number of anilines is 1. The number of benzene rings is 2. The molecule has 0 spiro atoms. The standard InChI is InChI=1S/C25H26N2O4S/c1-17(28)26-19-11-9-18(10-12-19)21(29)16-31-24(30)25(13-5-2-6-14-25)15-23-27-20-7-3-4-8-22(20)32-23/h3-4,7-12H,2,5-6,13-16H2,1H3,(H,26,28). The zero-order chi connectivity index (χ0) is 22.6. The fourth-order valence-electron chi connectivity index (χ4n) is 4.28. The van der Waals surface area contributed by atoms with Gasteiger partial charge in [-0.3, -0.25) is 14.4 Å². The molecule has 1 fully saturated rings. The lowest BCUT2D eigenvalue weighted by Crippen LogP contribution is -2.38. The molecular formula is C25H26N2O4S. The molecule has 1 saturated carbocycles. The first-order valence-corrected chi connectivity index (χ1v) is 11.7. The monoisotopic (exact) mass is 450 g/mol. The van der Waals surface area contributed by atoms with Gasteiger partial charge < -0.3 is 10.1 Å². The molecule has 1 heterocycles. The molecular weight excluding hydrogens is 424 g/mol. The Balaban J connectivity index is 1.43. The first-order valence-electron chi connectivity index (χ1n) is 10.9. The maximum absolute atomic E-state index is 13.2. The largest absolute Gasteiger partial charge is 0.457 e. The van der Waals surface area contributed by atoms with Gasteiger partial charge in [0.15, 0.2) is 12.4 Å². The molecule has 1 amide bonds. The van der Waals surface area contributed by atoms with E-state index in [0.29, 0.717) is 17.7 Å². The van der Waals surface area contributed by atoms with E-state index < -0.39 is 5.41 Å². The average Bonchev–Trinajstić information content (AvgIpc) is 3.20. The summed E-state index contributed by atoms with van der Waals surface area (Å²) in [5.74, 6) is -0.748. The molecule has 1 aromatic heterocycles. The number of ketones is 1. The highest BCUT2D eigenvalue weighted by molar-refractivity contribution is 7.18. The van der Waals surface area contributed by atoms with Crippen molar-refractivity contribution in [1.29, 1.82) is 0 Å². The van der Waals surface area contributed by atoms with Crippen LogP contribution in [0, 0.1) is 5.41 Å². The topological polar surface area (TPSA) is 85.4 Å². The number of ether oxygens (including phenoxy) is 1. The van der Waals surface area contributed by atoms with Crippen LogP contribution in [0.5, 0.6) is 0 Å². The van der Waals surface area contributed by atoms with Crippen LogP contribution in [-0.4, -0.2) is 29.3 Å². The molecule has 0 unspecified atom stereocenters. The maximum atomic E-state index is 13.2. The minimum Gasteiger partial charge on any atom is -0.457 e. The number of hydrogen-bond acceptors (Lipinski definition) is 6. The number of Topliss-reactive ketones (excluding diaryl/α,β-unsaturated/α-hetero) is 1. The van der Waals surface area contributed by atoms with Crippen molar-refractivity contribution < 1.29 is 19.1 Å². The lowest BCUT2D eigenvalue weighted by Gasteiger charge is -2.34. The first kappa shape index (κ1) is 22.1. The second-order valence-electron chi connectivity index (χ2n) is 8.35. The van der Waals surface area contributed by atoms with Crippen molar-refractivity contribution in [2.45, 2.75) is 45.4 Å². The van der Waals surface area contributed by atoms with Crippen molar-refractivity contribution in [1.82, 2.24) is 4.98 Å². The zero-order valence-electron chi connectivity index (χ0n) is 18.1. The van der Waals surface area contributed by atoms with E-state index in [1.165, 1.54) is 6.92 Å². The number of amides is 1. The van der Waals surface area contributed by atoms with Gasteiger partial charge in [0, 0.05) is 24.6 Å². The van der Waals surface area contributed by atoms with Crippen molar-refractivity contribution in [2.24, 2.45) is 5.41 Å². The fraction of sp³-hybridized carbons (Fsp3) is 0.360. The lowest BCUT2D eigenvalue weighted by molar-refractivity contribution is -0.157. The number of esters is 1. The SMILES string of the molecule is CC(=O)Nc1ccc(C(=O)COC(=O)C2(Cc3nc4ccccc4s3)CCCCC2)cc1.